The van der Waals surface area contributed by atoms with Gasteiger partial charge in [-0.2, -0.15) is 5.26 Å². The molecule has 2 atom stereocenters. The van der Waals surface area contributed by atoms with Crippen molar-refractivity contribution in [2.75, 3.05) is 25.0 Å². The highest BCUT2D eigenvalue weighted by Crippen LogP contribution is 2.29. The smallest absolute Gasteiger partial charge is 0.236 e. The Morgan fingerprint density at radius 3 is 2.82 bits per heavy atom. The van der Waals surface area contributed by atoms with E-state index in [0.29, 0.717) is 24.7 Å². The van der Waals surface area contributed by atoms with Crippen LogP contribution in [0.25, 0.3) is 11.0 Å². The maximum atomic E-state index is 12.5. The molecule has 1 amide bonds. The Morgan fingerprint density at radius 1 is 1.39 bits per heavy atom. The molecule has 1 fully saturated rings. The molecule has 0 aliphatic carbocycles. The number of hydrogen-bond acceptors (Lipinski definition) is 6. The number of fused-ring (bicyclic) bond motifs is 1. The molecule has 2 aromatic rings. The Hall–Kier alpha value is -2.95. The van der Waals surface area contributed by atoms with Gasteiger partial charge in [0, 0.05) is 32.3 Å². The first-order valence-electron chi connectivity index (χ1n) is 9.59. The van der Waals surface area contributed by atoms with Crippen molar-refractivity contribution in [3.63, 3.8) is 0 Å². The Morgan fingerprint density at radius 2 is 2.14 bits per heavy atom. The summed E-state index contributed by atoms with van der Waals surface area (Å²) in [4.78, 5) is 37.3. The van der Waals surface area contributed by atoms with Gasteiger partial charge < -0.3 is 9.80 Å². The maximum absolute atomic E-state index is 12.5. The lowest BCUT2D eigenvalue weighted by atomic mass is 9.92. The van der Waals surface area contributed by atoms with Crippen LogP contribution in [0.5, 0.6) is 0 Å². The molecule has 1 aliphatic rings. The summed E-state index contributed by atoms with van der Waals surface area (Å²) >= 11 is 0. The third kappa shape index (κ3) is 3.57. The number of likely N-dealkylation sites (tertiary alicyclic amines) is 1. The molecule has 2 aromatic heterocycles. The van der Waals surface area contributed by atoms with Gasteiger partial charge in [0.15, 0.2) is 5.65 Å². The predicted octanol–water partition coefficient (Wildman–Crippen LogP) is 2.31. The minimum atomic E-state index is -0.134. The van der Waals surface area contributed by atoms with Gasteiger partial charge in [0.1, 0.15) is 18.6 Å². The molecule has 0 radical (unpaired) electrons. The second-order valence-corrected chi connectivity index (χ2v) is 7.73. The van der Waals surface area contributed by atoms with E-state index in [9.17, 15) is 9.59 Å². The predicted molar refractivity (Wildman–Crippen MR) is 106 cm³/mol. The monoisotopic (exact) mass is 382 g/mol. The van der Waals surface area contributed by atoms with Gasteiger partial charge in [-0.05, 0) is 18.4 Å². The summed E-state index contributed by atoms with van der Waals surface area (Å²) in [6.45, 7) is 7.11. The normalized spacial score (nSPS) is 19.6. The summed E-state index contributed by atoms with van der Waals surface area (Å²) in [6, 6.07) is 3.87. The van der Waals surface area contributed by atoms with Crippen LogP contribution in [0.4, 0.5) is 5.82 Å². The number of amides is 1. The first-order valence-corrected chi connectivity index (χ1v) is 9.59. The van der Waals surface area contributed by atoms with Gasteiger partial charge in [0.25, 0.3) is 0 Å². The van der Waals surface area contributed by atoms with Crippen molar-refractivity contribution in [3.8, 4) is 6.07 Å². The zero-order valence-electron chi connectivity index (χ0n) is 16.8. The molecule has 1 aliphatic heterocycles. The van der Waals surface area contributed by atoms with Crippen LogP contribution in [0.3, 0.4) is 0 Å². The van der Waals surface area contributed by atoms with E-state index in [1.54, 1.807) is 15.7 Å². The molecule has 28 heavy (non-hydrogen) atoms. The van der Waals surface area contributed by atoms with E-state index in [0.717, 1.165) is 17.6 Å². The number of nitriles is 1. The highest BCUT2D eigenvalue weighted by Gasteiger charge is 2.32. The van der Waals surface area contributed by atoms with Gasteiger partial charge in [-0.1, -0.05) is 20.8 Å². The average molecular weight is 382 g/mol. The molecular weight excluding hydrogens is 356 g/mol. The van der Waals surface area contributed by atoms with Gasteiger partial charge in [-0.15, -0.1) is 0 Å². The fraction of sp³-hybridized carbons (Fsp3) is 0.550. The van der Waals surface area contributed by atoms with Crippen LogP contribution in [0.15, 0.2) is 18.6 Å². The van der Waals surface area contributed by atoms with Crippen LogP contribution in [-0.2, 0) is 4.79 Å². The summed E-state index contributed by atoms with van der Waals surface area (Å²) < 4.78 is 1.58. The van der Waals surface area contributed by atoms with E-state index < -0.39 is 0 Å². The van der Waals surface area contributed by atoms with E-state index in [1.165, 1.54) is 6.33 Å². The fourth-order valence-corrected chi connectivity index (χ4v) is 3.79. The van der Waals surface area contributed by atoms with Crippen LogP contribution in [0.1, 0.15) is 38.4 Å². The second kappa shape index (κ2) is 7.97. The van der Waals surface area contributed by atoms with Crippen molar-refractivity contribution < 1.29 is 9.59 Å². The Balaban J connectivity index is 1.92. The third-order valence-corrected chi connectivity index (χ3v) is 5.52. The average Bonchev–Trinajstić information content (AvgIpc) is 3.11. The summed E-state index contributed by atoms with van der Waals surface area (Å²) in [5.74, 6) is 0.827. The highest BCUT2D eigenvalue weighted by molar-refractivity contribution is 5.96. The quantitative estimate of drug-likeness (QED) is 0.805. The van der Waals surface area contributed by atoms with Gasteiger partial charge in [0.05, 0.1) is 17.5 Å². The summed E-state index contributed by atoms with van der Waals surface area (Å²) in [5, 5.41) is 9.63. The lowest BCUT2D eigenvalue weighted by Crippen LogP contribution is -2.52. The minimum Gasteiger partial charge on any atom is -0.354 e. The zero-order chi connectivity index (χ0) is 20.4. The Kier molecular flexibility index (Phi) is 5.63. The third-order valence-electron chi connectivity index (χ3n) is 5.52. The lowest BCUT2D eigenvalue weighted by molar-refractivity contribution is -0.131. The second-order valence-electron chi connectivity index (χ2n) is 7.73. The Labute approximate surface area is 164 Å². The lowest BCUT2D eigenvalue weighted by Gasteiger charge is -2.42. The number of likely N-dealkylation sites (N-methyl/N-ethyl adjacent to an activating group) is 1. The molecule has 3 rings (SSSR count). The van der Waals surface area contributed by atoms with Crippen LogP contribution in [0, 0.1) is 23.2 Å². The molecule has 8 heteroatoms. The molecule has 0 saturated carbocycles. The zero-order valence-corrected chi connectivity index (χ0v) is 16.8. The molecule has 0 N–H and O–H groups in total. The topological polar surface area (TPSA) is 95.1 Å². The molecule has 148 valence electrons. The Bertz CT molecular complexity index is 928. The highest BCUT2D eigenvalue weighted by atomic mass is 16.2. The first-order chi connectivity index (χ1) is 13.3. The molecule has 0 aromatic carbocycles. The fourth-order valence-electron chi connectivity index (χ4n) is 3.79. The number of hydrogen-bond donors (Lipinski definition) is 0. The number of piperidine rings is 1. The number of carbonyl (C=O) groups excluding carboxylic acids is 2. The van der Waals surface area contributed by atoms with E-state index >= 15 is 0 Å². The molecule has 1 saturated heterocycles. The number of rotatable bonds is 4. The van der Waals surface area contributed by atoms with Crippen molar-refractivity contribution >= 4 is 28.7 Å². The molecule has 8 nitrogen and oxygen atoms in total. The molecular formula is C20H26N6O2. The number of anilines is 1. The van der Waals surface area contributed by atoms with Crippen LogP contribution >= 0.6 is 0 Å². The molecule has 0 unspecified atom stereocenters. The van der Waals surface area contributed by atoms with E-state index in [4.69, 9.17) is 5.26 Å². The van der Waals surface area contributed by atoms with Crippen molar-refractivity contribution in [2.45, 2.75) is 39.7 Å². The van der Waals surface area contributed by atoms with E-state index in [-0.39, 0.29) is 30.2 Å². The van der Waals surface area contributed by atoms with Gasteiger partial charge in [-0.3, -0.25) is 14.2 Å². The molecule has 0 bridgehead atoms. The first kappa shape index (κ1) is 19.8. The van der Waals surface area contributed by atoms with Gasteiger partial charge in [-0.25, -0.2) is 9.97 Å². The van der Waals surface area contributed by atoms with Crippen molar-refractivity contribution in [3.05, 3.63) is 18.6 Å². The SMILES string of the molecule is CC(C)C(=O)n1ccc2c(N(C)[C@H]3CN(C(=O)CC#N)CC[C@H]3C)ncnc21. The van der Waals surface area contributed by atoms with E-state index in [1.807, 2.05) is 33.0 Å². The standard InChI is InChI=1S/C20H26N6O2/c1-13(2)20(28)26-10-7-15-18(22-12-23-19(15)26)24(4)16-11-25(9-6-14(16)3)17(27)5-8-21/h7,10,12-14,16H,5-6,9,11H2,1-4H3/t14-,16+/m1/s1. The van der Waals surface area contributed by atoms with Gasteiger partial charge in [0.2, 0.25) is 11.8 Å². The van der Waals surface area contributed by atoms with Gasteiger partial charge >= 0.3 is 0 Å². The number of aromatic nitrogens is 3. The summed E-state index contributed by atoms with van der Waals surface area (Å²) in [5.41, 5.74) is 0.594. The van der Waals surface area contributed by atoms with Crippen molar-refractivity contribution in [1.29, 1.82) is 5.26 Å². The van der Waals surface area contributed by atoms with E-state index in [2.05, 4.69) is 21.8 Å². The largest absolute Gasteiger partial charge is 0.354 e. The molecule has 0 spiro atoms. The summed E-state index contributed by atoms with van der Waals surface area (Å²) in [7, 11) is 1.96. The molecule has 3 heterocycles. The van der Waals surface area contributed by atoms with Crippen molar-refractivity contribution in [2.24, 2.45) is 11.8 Å². The van der Waals surface area contributed by atoms with Crippen LogP contribution in [0.2, 0.25) is 0 Å². The minimum absolute atomic E-state index is 0.0124. The maximum Gasteiger partial charge on any atom is 0.236 e. The van der Waals surface area contributed by atoms with Crippen LogP contribution in [-0.4, -0.2) is 57.4 Å². The van der Waals surface area contributed by atoms with Crippen LogP contribution < -0.4 is 4.90 Å². The van der Waals surface area contributed by atoms with Crippen molar-refractivity contribution in [1.82, 2.24) is 19.4 Å². The number of carbonyl (C=O) groups is 2. The number of nitrogens with zero attached hydrogens (tertiary/aromatic N) is 6. The summed E-state index contributed by atoms with van der Waals surface area (Å²) in [6.07, 6.45) is 3.99.